The predicted octanol–water partition coefficient (Wildman–Crippen LogP) is 3.15. The van der Waals surface area contributed by atoms with E-state index in [4.69, 9.17) is 21.7 Å². The van der Waals surface area contributed by atoms with Gasteiger partial charge in [-0.05, 0) is 54.4 Å². The summed E-state index contributed by atoms with van der Waals surface area (Å²) < 4.78 is 10.4. The Labute approximate surface area is 209 Å². The Kier molecular flexibility index (Phi) is 8.12. The first-order valence-electron chi connectivity index (χ1n) is 11.6. The summed E-state index contributed by atoms with van der Waals surface area (Å²) in [5.41, 5.74) is 3.33. The fraction of sp³-hybridized carbons (Fsp3) is 0.346. The van der Waals surface area contributed by atoms with Gasteiger partial charge in [-0.3, -0.25) is 9.69 Å². The molecule has 9 heteroatoms. The van der Waals surface area contributed by atoms with Crippen LogP contribution >= 0.6 is 12.2 Å². The second kappa shape index (κ2) is 11.4. The number of nitrogens with one attached hydrogen (secondary N) is 2. The molecule has 1 aliphatic heterocycles. The number of anilines is 1. The van der Waals surface area contributed by atoms with Crippen LogP contribution in [0.15, 0.2) is 53.3 Å². The molecule has 0 aliphatic carbocycles. The Morgan fingerprint density at radius 3 is 2.74 bits per heavy atom. The summed E-state index contributed by atoms with van der Waals surface area (Å²) in [5, 5.41) is 4.59. The molecule has 0 saturated carbocycles. The number of hydrogen-bond acceptors (Lipinski definition) is 6. The lowest BCUT2D eigenvalue weighted by Gasteiger charge is -2.31. The topological polar surface area (TPSA) is 86.9 Å². The number of methoxy groups -OCH3 is 1. The molecule has 0 spiro atoms. The first-order valence-corrected chi connectivity index (χ1v) is 12.0. The highest BCUT2D eigenvalue weighted by Crippen LogP contribution is 2.18. The largest absolute Gasteiger partial charge is 0.465 e. The molecule has 2 heterocycles. The molecule has 35 heavy (non-hydrogen) atoms. The molecule has 1 aliphatic rings. The van der Waals surface area contributed by atoms with Crippen molar-refractivity contribution >= 4 is 39.9 Å². The van der Waals surface area contributed by atoms with Gasteiger partial charge in [-0.15, -0.1) is 0 Å². The molecular formula is C26H30N4O4S. The van der Waals surface area contributed by atoms with Crippen LogP contribution in [0.3, 0.4) is 0 Å². The van der Waals surface area contributed by atoms with E-state index in [0.717, 1.165) is 36.1 Å². The minimum absolute atomic E-state index is 0.141. The third kappa shape index (κ3) is 6.25. The monoisotopic (exact) mass is 494 g/mol. The Balaban J connectivity index is 1.58. The number of nitrogens with zero attached hydrogens (tertiary/aromatic N) is 2. The molecule has 1 fully saturated rings. The summed E-state index contributed by atoms with van der Waals surface area (Å²) in [6.07, 6.45) is 0. The number of aromatic amines is 1. The van der Waals surface area contributed by atoms with Crippen LogP contribution in [0.2, 0.25) is 0 Å². The van der Waals surface area contributed by atoms with E-state index in [1.165, 1.54) is 7.11 Å². The number of hydrogen-bond donors (Lipinski definition) is 2. The second-order valence-corrected chi connectivity index (χ2v) is 8.94. The minimum Gasteiger partial charge on any atom is -0.465 e. The third-order valence-corrected chi connectivity index (χ3v) is 6.45. The molecule has 184 valence electrons. The Hall–Kier alpha value is -3.27. The predicted molar refractivity (Wildman–Crippen MR) is 141 cm³/mol. The molecule has 1 saturated heterocycles. The van der Waals surface area contributed by atoms with Crippen molar-refractivity contribution in [3.63, 3.8) is 0 Å². The maximum Gasteiger partial charge on any atom is 0.339 e. The molecule has 4 rings (SSSR count). The molecule has 0 bridgehead atoms. The number of para-hydroxylation sites is 1. The molecule has 0 atom stereocenters. The maximum absolute atomic E-state index is 12.9. The lowest BCUT2D eigenvalue weighted by molar-refractivity contribution is 0.0358. The number of thiocarbonyl (C=S) groups is 1. The maximum atomic E-state index is 12.9. The third-order valence-electron chi connectivity index (χ3n) is 6.09. The standard InChI is InChI=1S/C26H30N4O4S/c1-18-7-8-19-16-20(24(31)27-23(19)15-18)17-30(10-9-29-11-13-34-14-12-29)26(35)28-22-6-4-3-5-21(22)25(32)33-2/h3-8,15-16H,9-14,17H2,1-2H3,(H,27,31)(H,28,35). The van der Waals surface area contributed by atoms with Crippen LogP contribution in [-0.2, 0) is 16.0 Å². The van der Waals surface area contributed by atoms with Gasteiger partial charge in [-0.1, -0.05) is 24.3 Å². The van der Waals surface area contributed by atoms with E-state index in [1.807, 2.05) is 42.2 Å². The summed E-state index contributed by atoms with van der Waals surface area (Å²) in [4.78, 5) is 32.4. The van der Waals surface area contributed by atoms with E-state index in [-0.39, 0.29) is 5.56 Å². The van der Waals surface area contributed by atoms with Crippen LogP contribution in [0.5, 0.6) is 0 Å². The number of fused-ring (bicyclic) bond motifs is 1. The van der Waals surface area contributed by atoms with Crippen molar-refractivity contribution in [2.24, 2.45) is 0 Å². The van der Waals surface area contributed by atoms with Gasteiger partial charge >= 0.3 is 5.97 Å². The van der Waals surface area contributed by atoms with Crippen molar-refractivity contribution in [2.45, 2.75) is 13.5 Å². The Bertz CT molecular complexity index is 1270. The zero-order valence-corrected chi connectivity index (χ0v) is 20.8. The number of carbonyl (C=O) groups excluding carboxylic acids is 1. The van der Waals surface area contributed by atoms with Gasteiger partial charge in [-0.25, -0.2) is 4.79 Å². The molecular weight excluding hydrogens is 464 g/mol. The van der Waals surface area contributed by atoms with Gasteiger partial charge in [0.2, 0.25) is 0 Å². The number of aryl methyl sites for hydroxylation is 1. The lowest BCUT2D eigenvalue weighted by atomic mass is 10.1. The molecule has 0 amide bonds. The van der Waals surface area contributed by atoms with Gasteiger partial charge in [0.15, 0.2) is 5.11 Å². The molecule has 8 nitrogen and oxygen atoms in total. The van der Waals surface area contributed by atoms with Crippen LogP contribution in [0.25, 0.3) is 10.9 Å². The van der Waals surface area contributed by atoms with Crippen LogP contribution in [-0.4, -0.2) is 72.4 Å². The number of H-pyrrole nitrogens is 1. The SMILES string of the molecule is COC(=O)c1ccccc1NC(=S)N(CCN1CCOCC1)Cc1cc2ccc(C)cc2[nH]c1=O. The first kappa shape index (κ1) is 24.8. The summed E-state index contributed by atoms with van der Waals surface area (Å²) in [7, 11) is 1.35. The number of esters is 1. The van der Waals surface area contributed by atoms with Gasteiger partial charge in [0.05, 0.1) is 38.1 Å². The molecule has 2 N–H and O–H groups in total. The van der Waals surface area contributed by atoms with E-state index in [2.05, 4.69) is 15.2 Å². The Morgan fingerprint density at radius 2 is 1.97 bits per heavy atom. The molecule has 2 aromatic carbocycles. The van der Waals surface area contributed by atoms with Gasteiger partial charge < -0.3 is 24.7 Å². The summed E-state index contributed by atoms with van der Waals surface area (Å²) in [6.45, 7) is 6.83. The quantitative estimate of drug-likeness (QED) is 0.383. The smallest absolute Gasteiger partial charge is 0.339 e. The van der Waals surface area contributed by atoms with Crippen LogP contribution < -0.4 is 10.9 Å². The van der Waals surface area contributed by atoms with Crippen molar-refractivity contribution in [2.75, 3.05) is 51.8 Å². The molecule has 0 unspecified atom stereocenters. The zero-order valence-electron chi connectivity index (χ0n) is 20.0. The van der Waals surface area contributed by atoms with Crippen LogP contribution in [0.4, 0.5) is 5.69 Å². The van der Waals surface area contributed by atoms with Crippen molar-refractivity contribution in [1.82, 2.24) is 14.8 Å². The highest BCUT2D eigenvalue weighted by Gasteiger charge is 2.19. The van der Waals surface area contributed by atoms with E-state index in [0.29, 0.717) is 48.2 Å². The minimum atomic E-state index is -0.447. The highest BCUT2D eigenvalue weighted by molar-refractivity contribution is 7.80. The highest BCUT2D eigenvalue weighted by atomic mass is 32.1. The van der Waals surface area contributed by atoms with Gasteiger partial charge in [0.1, 0.15) is 0 Å². The lowest BCUT2D eigenvalue weighted by Crippen LogP contribution is -2.44. The van der Waals surface area contributed by atoms with Crippen molar-refractivity contribution in [1.29, 1.82) is 0 Å². The van der Waals surface area contributed by atoms with Crippen molar-refractivity contribution in [3.05, 3.63) is 75.6 Å². The summed E-state index contributed by atoms with van der Waals surface area (Å²) in [6, 6.07) is 15.0. The summed E-state index contributed by atoms with van der Waals surface area (Å²) >= 11 is 5.77. The normalized spacial score (nSPS) is 14.0. The van der Waals surface area contributed by atoms with Gasteiger partial charge in [0.25, 0.3) is 5.56 Å². The van der Waals surface area contributed by atoms with Gasteiger partial charge in [-0.2, -0.15) is 0 Å². The molecule has 0 radical (unpaired) electrons. The number of morpholine rings is 1. The number of rotatable bonds is 7. The number of carbonyl (C=O) groups is 1. The summed E-state index contributed by atoms with van der Waals surface area (Å²) in [5.74, 6) is -0.447. The molecule has 1 aromatic heterocycles. The fourth-order valence-corrected chi connectivity index (χ4v) is 4.36. The fourth-order valence-electron chi connectivity index (χ4n) is 4.10. The zero-order chi connectivity index (χ0) is 24.8. The number of aromatic nitrogens is 1. The van der Waals surface area contributed by atoms with E-state index < -0.39 is 5.97 Å². The second-order valence-electron chi connectivity index (χ2n) is 8.56. The van der Waals surface area contributed by atoms with Crippen molar-refractivity contribution in [3.8, 4) is 0 Å². The number of ether oxygens (including phenoxy) is 2. The average Bonchev–Trinajstić information content (AvgIpc) is 2.87. The van der Waals surface area contributed by atoms with E-state index in [1.54, 1.807) is 18.2 Å². The Morgan fingerprint density at radius 1 is 1.20 bits per heavy atom. The average molecular weight is 495 g/mol. The first-order chi connectivity index (χ1) is 16.9. The van der Waals surface area contributed by atoms with Gasteiger partial charge in [0, 0.05) is 37.3 Å². The van der Waals surface area contributed by atoms with Crippen LogP contribution in [0.1, 0.15) is 21.5 Å². The molecule has 3 aromatic rings. The number of pyridine rings is 1. The number of benzene rings is 2. The van der Waals surface area contributed by atoms with Crippen molar-refractivity contribution < 1.29 is 14.3 Å². The van der Waals surface area contributed by atoms with E-state index >= 15 is 0 Å². The van der Waals surface area contributed by atoms with E-state index in [9.17, 15) is 9.59 Å². The van der Waals surface area contributed by atoms with Crippen LogP contribution in [0, 0.1) is 6.92 Å².